The molecule has 4 rings (SSSR count). The third-order valence-electron chi connectivity index (χ3n) is 7.80. The van der Waals surface area contributed by atoms with Crippen LogP contribution in [-0.2, 0) is 38.8 Å². The van der Waals surface area contributed by atoms with Crippen LogP contribution in [0.2, 0.25) is 5.02 Å². The molecule has 0 heterocycles. The average Bonchev–Trinajstić information content (AvgIpc) is 3.06. The molecular formula is C36H36ClF4N3O4S. The Morgan fingerprint density at radius 2 is 1.55 bits per heavy atom. The van der Waals surface area contributed by atoms with Crippen molar-refractivity contribution < 1.29 is 35.6 Å². The summed E-state index contributed by atoms with van der Waals surface area (Å²) in [5.74, 6) is -1.92. The summed E-state index contributed by atoms with van der Waals surface area (Å²) in [6.07, 6.45) is -3.44. The van der Waals surface area contributed by atoms with Crippen LogP contribution >= 0.6 is 11.6 Å². The lowest BCUT2D eigenvalue weighted by molar-refractivity contribution is -0.140. The van der Waals surface area contributed by atoms with Crippen LogP contribution in [0.3, 0.4) is 0 Å². The molecule has 0 saturated heterocycles. The zero-order chi connectivity index (χ0) is 35.8. The second-order valence-electron chi connectivity index (χ2n) is 11.5. The van der Waals surface area contributed by atoms with Gasteiger partial charge in [-0.05, 0) is 66.9 Å². The molecule has 13 heteroatoms. The molecular weight excluding hydrogens is 682 g/mol. The van der Waals surface area contributed by atoms with Crippen molar-refractivity contribution in [2.24, 2.45) is 0 Å². The van der Waals surface area contributed by atoms with Crippen LogP contribution in [0, 0.1) is 12.7 Å². The number of benzene rings is 4. The topological polar surface area (TPSA) is 86.8 Å². The highest BCUT2D eigenvalue weighted by Gasteiger charge is 2.37. The molecule has 0 radical (unpaired) electrons. The van der Waals surface area contributed by atoms with E-state index in [1.54, 1.807) is 37.3 Å². The van der Waals surface area contributed by atoms with Crippen LogP contribution in [0.4, 0.5) is 23.2 Å². The number of aryl methyl sites for hydroxylation is 1. The first-order chi connectivity index (χ1) is 23.2. The maximum absolute atomic E-state index is 14.5. The van der Waals surface area contributed by atoms with Crippen LogP contribution < -0.4 is 9.62 Å². The average molecular weight is 718 g/mol. The maximum Gasteiger partial charge on any atom is 0.417 e. The number of rotatable bonds is 14. The first-order valence-corrected chi connectivity index (χ1v) is 17.3. The second-order valence-corrected chi connectivity index (χ2v) is 13.8. The Balaban J connectivity index is 1.85. The Kier molecular flexibility index (Phi) is 12.5. The molecule has 7 nitrogen and oxygen atoms in total. The van der Waals surface area contributed by atoms with Gasteiger partial charge in [0.1, 0.15) is 18.4 Å². The molecule has 2 amide bonds. The molecule has 0 aliphatic rings. The van der Waals surface area contributed by atoms with Crippen LogP contribution in [0.15, 0.2) is 102 Å². The number of hydrogen-bond donors (Lipinski definition) is 1. The van der Waals surface area contributed by atoms with Gasteiger partial charge in [-0.1, -0.05) is 85.1 Å². The molecule has 4 aromatic carbocycles. The minimum Gasteiger partial charge on any atom is -0.354 e. The monoisotopic (exact) mass is 717 g/mol. The van der Waals surface area contributed by atoms with E-state index in [-0.39, 0.29) is 17.9 Å². The minimum atomic E-state index is -4.93. The van der Waals surface area contributed by atoms with Crippen molar-refractivity contribution in [3.05, 3.63) is 130 Å². The quantitative estimate of drug-likeness (QED) is 0.108. The van der Waals surface area contributed by atoms with Crippen LogP contribution in [-0.4, -0.2) is 44.3 Å². The number of alkyl halides is 3. The summed E-state index contributed by atoms with van der Waals surface area (Å²) in [5.41, 5.74) is 0.124. The molecule has 0 aromatic heterocycles. The van der Waals surface area contributed by atoms with Crippen molar-refractivity contribution >= 4 is 39.1 Å². The van der Waals surface area contributed by atoms with Crippen molar-refractivity contribution in [2.75, 3.05) is 17.4 Å². The van der Waals surface area contributed by atoms with Gasteiger partial charge in [0, 0.05) is 19.5 Å². The van der Waals surface area contributed by atoms with Gasteiger partial charge in [0.05, 0.1) is 21.2 Å². The highest BCUT2D eigenvalue weighted by atomic mass is 35.5. The number of carbonyl (C=O) groups excluding carboxylic acids is 2. The summed E-state index contributed by atoms with van der Waals surface area (Å²) >= 11 is 5.86. The van der Waals surface area contributed by atoms with E-state index in [1.807, 2.05) is 6.92 Å². The molecule has 260 valence electrons. The van der Waals surface area contributed by atoms with Gasteiger partial charge in [-0.2, -0.15) is 13.2 Å². The van der Waals surface area contributed by atoms with Crippen LogP contribution in [0.5, 0.6) is 0 Å². The SMILES string of the molecule is CCCCNC(=O)C(Cc1ccccc1)N(Cc1ccc(F)cc1)C(=O)CN(c1ccc(Cl)c(C(F)(F)F)c1)S(=O)(=O)c1ccc(C)cc1. The molecule has 4 aromatic rings. The summed E-state index contributed by atoms with van der Waals surface area (Å²) in [5, 5.41) is 2.19. The van der Waals surface area contributed by atoms with Crippen molar-refractivity contribution in [2.45, 2.75) is 56.8 Å². The molecule has 1 atom stereocenters. The van der Waals surface area contributed by atoms with Gasteiger partial charge in [0.25, 0.3) is 10.0 Å². The molecule has 1 N–H and O–H groups in total. The Morgan fingerprint density at radius 1 is 0.898 bits per heavy atom. The third-order valence-corrected chi connectivity index (χ3v) is 9.92. The van der Waals surface area contributed by atoms with E-state index in [9.17, 15) is 35.6 Å². The maximum atomic E-state index is 14.5. The Bertz CT molecular complexity index is 1840. The van der Waals surface area contributed by atoms with Gasteiger partial charge in [0.2, 0.25) is 11.8 Å². The zero-order valence-corrected chi connectivity index (χ0v) is 28.5. The van der Waals surface area contributed by atoms with Gasteiger partial charge in [-0.3, -0.25) is 13.9 Å². The number of amides is 2. The molecule has 1 unspecified atom stereocenters. The standard InChI is InChI=1S/C36H36ClF4N3O4S/c1-3-4-20-42-35(46)33(21-26-8-6-5-7-9-26)43(23-27-12-14-28(38)15-13-27)34(45)24-44(49(47,48)30-17-10-25(2)11-18-30)29-16-19-32(37)31(22-29)36(39,40)41/h5-19,22,33H,3-4,20-21,23-24H2,1-2H3,(H,42,46). The molecule has 0 aliphatic heterocycles. The fourth-order valence-corrected chi connectivity index (χ4v) is 6.73. The molecule has 0 fully saturated rings. The lowest BCUT2D eigenvalue weighted by Gasteiger charge is -2.34. The van der Waals surface area contributed by atoms with Crippen LogP contribution in [0.1, 0.15) is 42.0 Å². The summed E-state index contributed by atoms with van der Waals surface area (Å²) in [7, 11) is -4.65. The summed E-state index contributed by atoms with van der Waals surface area (Å²) in [6, 6.07) is 21.1. The number of unbranched alkanes of at least 4 members (excludes halogenated alkanes) is 1. The molecule has 0 aliphatic carbocycles. The number of anilines is 1. The fourth-order valence-electron chi connectivity index (χ4n) is 5.10. The summed E-state index contributed by atoms with van der Waals surface area (Å²) in [6.45, 7) is 2.80. The molecule has 49 heavy (non-hydrogen) atoms. The molecule has 0 bridgehead atoms. The Morgan fingerprint density at radius 3 is 2.16 bits per heavy atom. The normalized spacial score (nSPS) is 12.3. The van der Waals surface area contributed by atoms with E-state index in [0.717, 1.165) is 24.1 Å². The van der Waals surface area contributed by atoms with Crippen molar-refractivity contribution in [1.29, 1.82) is 0 Å². The van der Waals surface area contributed by atoms with Crippen molar-refractivity contribution in [3.8, 4) is 0 Å². The van der Waals surface area contributed by atoms with Crippen molar-refractivity contribution in [1.82, 2.24) is 10.2 Å². The Labute approximate surface area is 288 Å². The Hall–Kier alpha value is -4.42. The zero-order valence-electron chi connectivity index (χ0n) is 26.9. The molecule has 0 spiro atoms. The highest BCUT2D eigenvalue weighted by molar-refractivity contribution is 7.92. The largest absolute Gasteiger partial charge is 0.417 e. The lowest BCUT2D eigenvalue weighted by atomic mass is 10.0. The smallest absolute Gasteiger partial charge is 0.354 e. The number of sulfonamides is 1. The van der Waals surface area contributed by atoms with E-state index in [0.29, 0.717) is 34.5 Å². The second kappa shape index (κ2) is 16.3. The minimum absolute atomic E-state index is 0.0373. The van der Waals surface area contributed by atoms with Crippen molar-refractivity contribution in [3.63, 3.8) is 0 Å². The van der Waals surface area contributed by atoms with E-state index in [1.165, 1.54) is 53.4 Å². The fraction of sp³-hybridized carbons (Fsp3) is 0.278. The highest BCUT2D eigenvalue weighted by Crippen LogP contribution is 2.38. The number of halogens is 5. The number of hydrogen-bond acceptors (Lipinski definition) is 4. The first-order valence-electron chi connectivity index (χ1n) is 15.5. The number of carbonyl (C=O) groups is 2. The van der Waals surface area contributed by atoms with Gasteiger partial charge < -0.3 is 10.2 Å². The first kappa shape index (κ1) is 37.4. The number of nitrogens with zero attached hydrogens (tertiary/aromatic N) is 2. The van der Waals surface area contributed by atoms with Gasteiger partial charge >= 0.3 is 6.18 Å². The predicted octanol–water partition coefficient (Wildman–Crippen LogP) is 7.56. The number of nitrogens with one attached hydrogen (secondary N) is 1. The van der Waals surface area contributed by atoms with E-state index >= 15 is 0 Å². The third kappa shape index (κ3) is 9.82. The van der Waals surface area contributed by atoms with Gasteiger partial charge in [-0.25, -0.2) is 12.8 Å². The molecule has 0 saturated carbocycles. The van der Waals surface area contributed by atoms with E-state index in [2.05, 4.69) is 5.32 Å². The summed E-state index contributed by atoms with van der Waals surface area (Å²) in [4.78, 5) is 29.2. The van der Waals surface area contributed by atoms with Gasteiger partial charge in [-0.15, -0.1) is 0 Å². The van der Waals surface area contributed by atoms with E-state index < -0.39 is 62.7 Å². The van der Waals surface area contributed by atoms with Gasteiger partial charge in [0.15, 0.2) is 0 Å². The van der Waals surface area contributed by atoms with E-state index in [4.69, 9.17) is 11.6 Å². The lowest BCUT2D eigenvalue weighted by Crippen LogP contribution is -2.53. The van der Waals surface area contributed by atoms with Crippen LogP contribution in [0.25, 0.3) is 0 Å². The summed E-state index contributed by atoms with van der Waals surface area (Å²) < 4.78 is 84.5. The predicted molar refractivity (Wildman–Crippen MR) is 181 cm³/mol.